The molecule has 0 bridgehead atoms. The molecule has 3 rings (SSSR count). The van der Waals surface area contributed by atoms with Gasteiger partial charge in [0.05, 0.1) is 6.61 Å². The summed E-state index contributed by atoms with van der Waals surface area (Å²) in [5.74, 6) is 2.42. The molecule has 0 aromatic heterocycles. The van der Waals surface area contributed by atoms with Crippen molar-refractivity contribution in [2.75, 3.05) is 6.61 Å². The fourth-order valence-electron chi connectivity index (χ4n) is 5.59. The normalized spacial score (nSPS) is 55.0. The molecule has 2 saturated carbocycles. The Hall–Kier alpha value is -0.300. The monoisotopic (exact) mass is 220 g/mol. The van der Waals surface area contributed by atoms with Crippen LogP contribution in [0.15, 0.2) is 11.6 Å². The molecule has 1 spiro atoms. The van der Waals surface area contributed by atoms with Gasteiger partial charge in [0.1, 0.15) is 0 Å². The van der Waals surface area contributed by atoms with Crippen LogP contribution in [-0.2, 0) is 0 Å². The number of rotatable bonds is 1. The van der Waals surface area contributed by atoms with Gasteiger partial charge in [-0.2, -0.15) is 0 Å². The Morgan fingerprint density at radius 1 is 1.31 bits per heavy atom. The molecular formula is C15H24O. The summed E-state index contributed by atoms with van der Waals surface area (Å²) in [6.45, 7) is 7.53. The maximum Gasteiger partial charge on any atom is 0.0644 e. The lowest BCUT2D eigenvalue weighted by Gasteiger charge is -2.42. The van der Waals surface area contributed by atoms with Crippen LogP contribution in [0.4, 0.5) is 0 Å². The van der Waals surface area contributed by atoms with E-state index in [9.17, 15) is 5.11 Å². The minimum atomic E-state index is 0.277. The molecule has 0 aromatic carbocycles. The largest absolute Gasteiger partial charge is 0.392 e. The molecule has 0 saturated heterocycles. The minimum Gasteiger partial charge on any atom is -0.392 e. The van der Waals surface area contributed by atoms with Crippen LogP contribution in [0.2, 0.25) is 0 Å². The molecule has 1 N–H and O–H groups in total. The lowest BCUT2D eigenvalue weighted by atomic mass is 9.61. The van der Waals surface area contributed by atoms with Crippen molar-refractivity contribution in [3.05, 3.63) is 11.6 Å². The quantitative estimate of drug-likeness (QED) is 0.672. The van der Waals surface area contributed by atoms with Gasteiger partial charge in [-0.15, -0.1) is 0 Å². The summed E-state index contributed by atoms with van der Waals surface area (Å²) < 4.78 is 0. The summed E-state index contributed by atoms with van der Waals surface area (Å²) in [6, 6.07) is 0. The van der Waals surface area contributed by atoms with E-state index in [-0.39, 0.29) is 6.61 Å². The summed E-state index contributed by atoms with van der Waals surface area (Å²) in [5, 5.41) is 9.52. The first-order valence-corrected chi connectivity index (χ1v) is 6.87. The van der Waals surface area contributed by atoms with E-state index in [4.69, 9.17) is 0 Å². The van der Waals surface area contributed by atoms with Crippen molar-refractivity contribution in [2.24, 2.45) is 28.6 Å². The van der Waals surface area contributed by atoms with Gasteiger partial charge in [-0.1, -0.05) is 26.8 Å². The third-order valence-corrected chi connectivity index (χ3v) is 6.42. The molecule has 0 aromatic rings. The summed E-state index contributed by atoms with van der Waals surface area (Å²) >= 11 is 0. The van der Waals surface area contributed by atoms with Crippen molar-refractivity contribution in [3.8, 4) is 0 Å². The Kier molecular flexibility index (Phi) is 2.12. The van der Waals surface area contributed by atoms with Crippen molar-refractivity contribution in [1.82, 2.24) is 0 Å². The van der Waals surface area contributed by atoms with Crippen molar-refractivity contribution in [1.29, 1.82) is 0 Å². The van der Waals surface area contributed by atoms with Crippen molar-refractivity contribution < 1.29 is 5.11 Å². The van der Waals surface area contributed by atoms with Crippen LogP contribution >= 0.6 is 0 Å². The van der Waals surface area contributed by atoms with Gasteiger partial charge >= 0.3 is 0 Å². The van der Waals surface area contributed by atoms with E-state index in [1.54, 1.807) is 0 Å². The van der Waals surface area contributed by atoms with Gasteiger partial charge in [-0.3, -0.25) is 0 Å². The third-order valence-electron chi connectivity index (χ3n) is 6.42. The number of aliphatic hydroxyl groups excluding tert-OH is 1. The molecule has 0 radical (unpaired) electrons. The van der Waals surface area contributed by atoms with Crippen molar-refractivity contribution >= 4 is 0 Å². The maximum atomic E-state index is 9.52. The standard InChI is InChI=1S/C15H24O/c1-10-4-7-15-11(2)12(9-16)8-14(15,3)6-5-13(10)15/h8,10-11,13,16H,4-7,9H2,1-3H3/t10?,11-,13-,14-,15-/m1/s1. The average molecular weight is 220 g/mol. The molecule has 3 aliphatic carbocycles. The Bertz CT molecular complexity index is 345. The van der Waals surface area contributed by atoms with Crippen LogP contribution in [0.3, 0.4) is 0 Å². The zero-order valence-corrected chi connectivity index (χ0v) is 10.8. The number of aliphatic hydroxyl groups is 1. The zero-order chi connectivity index (χ0) is 11.6. The lowest BCUT2D eigenvalue weighted by molar-refractivity contribution is 0.0702. The molecular weight excluding hydrogens is 196 g/mol. The molecule has 1 heteroatoms. The second-order valence-corrected chi connectivity index (χ2v) is 6.72. The summed E-state index contributed by atoms with van der Waals surface area (Å²) in [4.78, 5) is 0. The molecule has 1 unspecified atom stereocenters. The summed E-state index contributed by atoms with van der Waals surface area (Å²) in [5.41, 5.74) is 2.21. The van der Waals surface area contributed by atoms with Gasteiger partial charge in [0.2, 0.25) is 0 Å². The molecule has 0 aliphatic heterocycles. The zero-order valence-electron chi connectivity index (χ0n) is 10.8. The van der Waals surface area contributed by atoms with Gasteiger partial charge in [-0.25, -0.2) is 0 Å². The number of hydrogen-bond acceptors (Lipinski definition) is 1. The van der Waals surface area contributed by atoms with Gasteiger partial charge in [0.15, 0.2) is 0 Å². The van der Waals surface area contributed by atoms with E-state index in [1.807, 2.05) is 0 Å². The average Bonchev–Trinajstić information content (AvgIpc) is 2.80. The highest BCUT2D eigenvalue weighted by Gasteiger charge is 2.65. The Balaban J connectivity index is 2.08. The topological polar surface area (TPSA) is 20.2 Å². The highest BCUT2D eigenvalue weighted by atomic mass is 16.3. The van der Waals surface area contributed by atoms with E-state index in [2.05, 4.69) is 26.8 Å². The van der Waals surface area contributed by atoms with E-state index in [1.165, 1.54) is 31.3 Å². The van der Waals surface area contributed by atoms with E-state index < -0.39 is 0 Å². The van der Waals surface area contributed by atoms with Crippen LogP contribution in [0.5, 0.6) is 0 Å². The second kappa shape index (κ2) is 3.13. The summed E-state index contributed by atoms with van der Waals surface area (Å²) in [7, 11) is 0. The Morgan fingerprint density at radius 3 is 2.75 bits per heavy atom. The van der Waals surface area contributed by atoms with E-state index in [0.29, 0.717) is 16.7 Å². The molecule has 2 fully saturated rings. The highest BCUT2D eigenvalue weighted by molar-refractivity contribution is 5.32. The minimum absolute atomic E-state index is 0.277. The predicted molar refractivity (Wildman–Crippen MR) is 66.0 cm³/mol. The maximum absolute atomic E-state index is 9.52. The smallest absolute Gasteiger partial charge is 0.0644 e. The fraction of sp³-hybridized carbons (Fsp3) is 0.867. The van der Waals surface area contributed by atoms with E-state index in [0.717, 1.165) is 11.8 Å². The molecule has 1 nitrogen and oxygen atoms in total. The first kappa shape index (κ1) is 10.8. The van der Waals surface area contributed by atoms with Gasteiger partial charge in [-0.05, 0) is 59.8 Å². The first-order chi connectivity index (χ1) is 7.55. The van der Waals surface area contributed by atoms with Crippen LogP contribution in [0.25, 0.3) is 0 Å². The van der Waals surface area contributed by atoms with Crippen LogP contribution in [-0.4, -0.2) is 11.7 Å². The van der Waals surface area contributed by atoms with Crippen molar-refractivity contribution in [2.45, 2.75) is 46.5 Å². The van der Waals surface area contributed by atoms with Gasteiger partial charge in [0, 0.05) is 0 Å². The van der Waals surface area contributed by atoms with Gasteiger partial charge in [0.25, 0.3) is 0 Å². The molecule has 3 aliphatic rings. The van der Waals surface area contributed by atoms with Crippen LogP contribution < -0.4 is 0 Å². The lowest BCUT2D eigenvalue weighted by Crippen LogP contribution is -2.38. The van der Waals surface area contributed by atoms with Crippen LogP contribution in [0.1, 0.15) is 46.5 Å². The highest BCUT2D eigenvalue weighted by Crippen LogP contribution is 2.73. The second-order valence-electron chi connectivity index (χ2n) is 6.72. The van der Waals surface area contributed by atoms with E-state index >= 15 is 0 Å². The number of allylic oxidation sites excluding steroid dienone is 1. The SMILES string of the molecule is CC1CC[C@]23[C@H](C)C(CO)=C[C@@]2(C)CC[C@H]13. The summed E-state index contributed by atoms with van der Waals surface area (Å²) in [6.07, 6.45) is 7.98. The third kappa shape index (κ3) is 0.971. The van der Waals surface area contributed by atoms with Crippen molar-refractivity contribution in [3.63, 3.8) is 0 Å². The fourth-order valence-corrected chi connectivity index (χ4v) is 5.59. The Morgan fingerprint density at radius 2 is 2.06 bits per heavy atom. The molecule has 90 valence electrons. The first-order valence-electron chi connectivity index (χ1n) is 6.87. The molecule has 16 heavy (non-hydrogen) atoms. The molecule has 0 amide bonds. The predicted octanol–water partition coefficient (Wildman–Crippen LogP) is 3.39. The van der Waals surface area contributed by atoms with Crippen LogP contribution in [0, 0.1) is 28.6 Å². The Labute approximate surface area is 98.9 Å². The number of hydrogen-bond donors (Lipinski definition) is 1. The molecule has 5 atom stereocenters. The molecule has 0 heterocycles. The van der Waals surface area contributed by atoms with Gasteiger partial charge < -0.3 is 5.11 Å².